The Morgan fingerprint density at radius 3 is 2.62 bits per heavy atom. The normalized spacial score (nSPS) is 14.0. The highest BCUT2D eigenvalue weighted by atomic mass is 79.9. The standard InChI is InChI=1S/C25H19BrN2O6/c1-15-18(9-6-11-21(15)28(30)31)24-27-20(25(29)34-24)13-16-8-5-12-22(32-2)23(16)33-14-17-7-3-4-10-19(17)26/h3-13H,14H2,1-2H3/b20-13-. The average Bonchev–Trinajstić information content (AvgIpc) is 3.18. The van der Waals surface area contributed by atoms with Crippen molar-refractivity contribution < 1.29 is 23.9 Å². The van der Waals surface area contributed by atoms with Gasteiger partial charge < -0.3 is 14.2 Å². The molecule has 0 radical (unpaired) electrons. The molecule has 0 saturated heterocycles. The molecule has 0 bridgehead atoms. The number of rotatable bonds is 7. The Kier molecular flexibility index (Phi) is 6.74. The number of methoxy groups -OCH3 is 1. The Labute approximate surface area is 203 Å². The zero-order valence-corrected chi connectivity index (χ0v) is 19.9. The molecule has 4 rings (SSSR count). The van der Waals surface area contributed by atoms with E-state index in [-0.39, 0.29) is 23.9 Å². The van der Waals surface area contributed by atoms with Gasteiger partial charge in [-0.3, -0.25) is 10.1 Å². The quantitative estimate of drug-likeness (QED) is 0.173. The van der Waals surface area contributed by atoms with Gasteiger partial charge >= 0.3 is 5.97 Å². The van der Waals surface area contributed by atoms with Crippen molar-refractivity contribution in [3.05, 3.63) is 103 Å². The zero-order valence-electron chi connectivity index (χ0n) is 18.3. The van der Waals surface area contributed by atoms with Crippen molar-refractivity contribution in [3.8, 4) is 11.5 Å². The van der Waals surface area contributed by atoms with Crippen molar-refractivity contribution in [2.75, 3.05) is 7.11 Å². The van der Waals surface area contributed by atoms with Gasteiger partial charge in [-0.05, 0) is 31.2 Å². The molecular formula is C25H19BrN2O6. The second-order valence-corrected chi connectivity index (χ2v) is 8.16. The molecule has 8 nitrogen and oxygen atoms in total. The van der Waals surface area contributed by atoms with Gasteiger partial charge in [0.2, 0.25) is 5.90 Å². The van der Waals surface area contributed by atoms with Gasteiger partial charge in [0.25, 0.3) is 5.69 Å². The molecular weight excluding hydrogens is 504 g/mol. The van der Waals surface area contributed by atoms with Crippen LogP contribution in [-0.4, -0.2) is 23.9 Å². The third kappa shape index (κ3) is 4.69. The molecule has 3 aromatic rings. The molecule has 0 fully saturated rings. The van der Waals surface area contributed by atoms with Crippen LogP contribution in [0.4, 0.5) is 5.69 Å². The number of hydrogen-bond donors (Lipinski definition) is 0. The smallest absolute Gasteiger partial charge is 0.363 e. The largest absolute Gasteiger partial charge is 0.493 e. The third-order valence-electron chi connectivity index (χ3n) is 5.20. The lowest BCUT2D eigenvalue weighted by atomic mass is 10.1. The predicted octanol–water partition coefficient (Wildman–Crippen LogP) is 5.60. The lowest BCUT2D eigenvalue weighted by Crippen LogP contribution is -2.08. The number of ether oxygens (including phenoxy) is 3. The molecule has 0 saturated carbocycles. The summed E-state index contributed by atoms with van der Waals surface area (Å²) in [4.78, 5) is 27.6. The van der Waals surface area contributed by atoms with Crippen molar-refractivity contribution in [2.24, 2.45) is 4.99 Å². The van der Waals surface area contributed by atoms with Gasteiger partial charge in [-0.2, -0.15) is 0 Å². The highest BCUT2D eigenvalue weighted by Crippen LogP contribution is 2.35. The van der Waals surface area contributed by atoms with Crippen LogP contribution in [-0.2, 0) is 16.1 Å². The van der Waals surface area contributed by atoms with Crippen molar-refractivity contribution in [2.45, 2.75) is 13.5 Å². The molecule has 1 aliphatic heterocycles. The molecule has 9 heteroatoms. The first kappa shape index (κ1) is 23.2. The third-order valence-corrected chi connectivity index (χ3v) is 5.98. The molecule has 0 N–H and O–H groups in total. The van der Waals surface area contributed by atoms with Crippen LogP contribution in [0, 0.1) is 17.0 Å². The number of nitro groups is 1. The van der Waals surface area contributed by atoms with Gasteiger partial charge in [-0.1, -0.05) is 52.3 Å². The van der Waals surface area contributed by atoms with E-state index in [1.807, 2.05) is 24.3 Å². The fourth-order valence-corrected chi connectivity index (χ4v) is 3.85. The van der Waals surface area contributed by atoms with Crippen molar-refractivity contribution >= 4 is 39.6 Å². The number of esters is 1. The highest BCUT2D eigenvalue weighted by molar-refractivity contribution is 9.10. The van der Waals surface area contributed by atoms with E-state index in [0.29, 0.717) is 28.2 Å². The van der Waals surface area contributed by atoms with E-state index in [9.17, 15) is 14.9 Å². The van der Waals surface area contributed by atoms with Gasteiger partial charge in [0, 0.05) is 32.8 Å². The van der Waals surface area contributed by atoms with Gasteiger partial charge in [0.1, 0.15) is 6.61 Å². The summed E-state index contributed by atoms with van der Waals surface area (Å²) in [6.07, 6.45) is 1.54. The van der Waals surface area contributed by atoms with E-state index in [1.165, 1.54) is 19.2 Å². The molecule has 1 aliphatic rings. The van der Waals surface area contributed by atoms with Gasteiger partial charge in [-0.15, -0.1) is 0 Å². The molecule has 0 atom stereocenters. The summed E-state index contributed by atoms with van der Waals surface area (Å²) < 4.78 is 17.8. The number of cyclic esters (lactones) is 1. The van der Waals surface area contributed by atoms with Crippen LogP contribution in [0.25, 0.3) is 6.08 Å². The second-order valence-electron chi connectivity index (χ2n) is 7.30. The number of benzene rings is 3. The minimum atomic E-state index is -0.666. The van der Waals surface area contributed by atoms with Crippen LogP contribution in [0.2, 0.25) is 0 Å². The van der Waals surface area contributed by atoms with Crippen LogP contribution < -0.4 is 9.47 Å². The lowest BCUT2D eigenvalue weighted by Gasteiger charge is -2.14. The number of para-hydroxylation sites is 1. The molecule has 1 heterocycles. The number of halogens is 1. The van der Waals surface area contributed by atoms with Crippen LogP contribution in [0.15, 0.2) is 75.8 Å². The van der Waals surface area contributed by atoms with Crippen LogP contribution in [0.3, 0.4) is 0 Å². The Morgan fingerprint density at radius 2 is 1.88 bits per heavy atom. The van der Waals surface area contributed by atoms with E-state index in [1.54, 1.807) is 37.3 Å². The maximum Gasteiger partial charge on any atom is 0.363 e. The fourth-order valence-electron chi connectivity index (χ4n) is 3.45. The van der Waals surface area contributed by atoms with E-state index in [2.05, 4.69) is 20.9 Å². The Hall–Kier alpha value is -3.98. The SMILES string of the molecule is COc1cccc(/C=C2\N=C(c3cccc([N+](=O)[O-])c3C)OC2=O)c1OCc1ccccc1Br. The van der Waals surface area contributed by atoms with Gasteiger partial charge in [-0.25, -0.2) is 9.79 Å². The lowest BCUT2D eigenvalue weighted by molar-refractivity contribution is -0.385. The average molecular weight is 523 g/mol. The molecule has 34 heavy (non-hydrogen) atoms. The molecule has 3 aromatic carbocycles. The van der Waals surface area contributed by atoms with Gasteiger partial charge in [0.15, 0.2) is 17.2 Å². The minimum Gasteiger partial charge on any atom is -0.493 e. The summed E-state index contributed by atoms with van der Waals surface area (Å²) in [7, 11) is 1.53. The number of hydrogen-bond acceptors (Lipinski definition) is 7. The summed E-state index contributed by atoms with van der Waals surface area (Å²) in [6, 6.07) is 17.5. The maximum absolute atomic E-state index is 12.6. The molecule has 0 unspecified atom stereocenters. The van der Waals surface area contributed by atoms with E-state index in [4.69, 9.17) is 14.2 Å². The maximum atomic E-state index is 12.6. The van der Waals surface area contributed by atoms with Crippen molar-refractivity contribution in [1.82, 2.24) is 0 Å². The summed E-state index contributed by atoms with van der Waals surface area (Å²) >= 11 is 3.51. The predicted molar refractivity (Wildman–Crippen MR) is 130 cm³/mol. The molecule has 0 amide bonds. The summed E-state index contributed by atoms with van der Waals surface area (Å²) in [5, 5.41) is 11.3. The number of carbonyl (C=O) groups is 1. The van der Waals surface area contributed by atoms with E-state index in [0.717, 1.165) is 10.0 Å². The first-order valence-corrected chi connectivity index (χ1v) is 11.0. The van der Waals surface area contributed by atoms with Crippen LogP contribution in [0.5, 0.6) is 11.5 Å². The molecule has 0 spiro atoms. The first-order valence-electron chi connectivity index (χ1n) is 10.2. The van der Waals surface area contributed by atoms with E-state index < -0.39 is 10.9 Å². The van der Waals surface area contributed by atoms with Crippen molar-refractivity contribution in [1.29, 1.82) is 0 Å². The first-order chi connectivity index (χ1) is 16.4. The topological polar surface area (TPSA) is 100 Å². The molecule has 0 aliphatic carbocycles. The molecule has 172 valence electrons. The summed E-state index contributed by atoms with van der Waals surface area (Å²) in [5.41, 5.74) is 2.21. The second kappa shape index (κ2) is 9.88. The Bertz CT molecular complexity index is 1350. The Morgan fingerprint density at radius 1 is 1.12 bits per heavy atom. The van der Waals surface area contributed by atoms with Crippen LogP contribution >= 0.6 is 15.9 Å². The number of nitrogens with zero attached hydrogens (tertiary/aromatic N) is 2. The number of nitro benzene ring substituents is 1. The highest BCUT2D eigenvalue weighted by Gasteiger charge is 2.28. The fraction of sp³-hybridized carbons (Fsp3) is 0.120. The van der Waals surface area contributed by atoms with Crippen molar-refractivity contribution in [3.63, 3.8) is 0 Å². The zero-order chi connectivity index (χ0) is 24.2. The number of carbonyl (C=O) groups excluding carboxylic acids is 1. The minimum absolute atomic E-state index is 0.0102. The van der Waals surface area contributed by atoms with E-state index >= 15 is 0 Å². The number of aliphatic imine (C=N–C) groups is 1. The summed E-state index contributed by atoms with van der Waals surface area (Å²) in [6.45, 7) is 1.85. The Balaban J connectivity index is 1.69. The van der Waals surface area contributed by atoms with Gasteiger partial charge in [0.05, 0.1) is 12.0 Å². The monoisotopic (exact) mass is 522 g/mol. The molecule has 0 aromatic heterocycles. The van der Waals surface area contributed by atoms with Crippen LogP contribution in [0.1, 0.15) is 22.3 Å². The summed E-state index contributed by atoms with van der Waals surface area (Å²) in [5.74, 6) is 0.277.